The van der Waals surface area contributed by atoms with E-state index in [0.717, 1.165) is 161 Å². The average Bonchev–Trinajstić information content (AvgIpc) is 1.73. The van der Waals surface area contributed by atoms with Crippen molar-refractivity contribution in [1.29, 1.82) is 0 Å². The van der Waals surface area contributed by atoms with Crippen molar-refractivity contribution < 1.29 is 140 Å². The van der Waals surface area contributed by atoms with Gasteiger partial charge < -0.3 is 65.8 Å². The number of nitrogens with zero attached hydrogens (tertiary/aromatic N) is 8. The molecule has 0 spiro atoms. The fourth-order valence-corrected chi connectivity index (χ4v) is 14.0. The molecule has 125 heavy (non-hydrogen) atoms. The van der Waals surface area contributed by atoms with Crippen LogP contribution in [-0.2, 0) is 112 Å². The van der Waals surface area contributed by atoms with E-state index in [-0.39, 0.29) is 90.9 Å². The van der Waals surface area contributed by atoms with Crippen LogP contribution in [0.3, 0.4) is 0 Å². The van der Waals surface area contributed by atoms with Crippen molar-refractivity contribution in [2.45, 2.75) is 47.1 Å². The van der Waals surface area contributed by atoms with E-state index in [1.54, 1.807) is 37.3 Å². The molecule has 21 nitrogen and oxygen atoms in total. The van der Waals surface area contributed by atoms with E-state index < -0.39 is 6.09 Å². The predicted molar refractivity (Wildman–Crippen MR) is 479 cm³/mol. The van der Waals surface area contributed by atoms with E-state index in [4.69, 9.17) is 62.4 Å². The van der Waals surface area contributed by atoms with Gasteiger partial charge in [0.2, 0.25) is 12.1 Å². The number of aromatic amines is 1. The number of imidazole rings is 1. The number of ether oxygens (including phenoxy) is 10. The summed E-state index contributed by atoms with van der Waals surface area (Å²) >= 11 is 0. The number of hydrogen-bond donors (Lipinski definition) is 2. The number of H-pyrrole nitrogens is 1. The largest absolute Gasteiger partial charge is 2.00 e. The van der Waals surface area contributed by atoms with Gasteiger partial charge in [0.15, 0.2) is 6.20 Å². The molecule has 2 N–H and O–H groups in total. The predicted octanol–water partition coefficient (Wildman–Crippen LogP) is 20.6. The Labute approximate surface area is 782 Å². The van der Waals surface area contributed by atoms with Crippen molar-refractivity contribution in [1.82, 2.24) is 34.9 Å². The van der Waals surface area contributed by atoms with Gasteiger partial charge in [0.25, 0.3) is 0 Å². The van der Waals surface area contributed by atoms with E-state index in [9.17, 15) is 4.79 Å². The summed E-state index contributed by atoms with van der Waals surface area (Å²) in [5.41, 5.74) is 13.4. The van der Waals surface area contributed by atoms with Crippen LogP contribution >= 0.6 is 0 Å². The summed E-state index contributed by atoms with van der Waals surface area (Å²) in [5.74, 6) is 4.92. The summed E-state index contributed by atoms with van der Waals surface area (Å²) in [5, 5.41) is 17.3. The molecule has 0 fully saturated rings. The zero-order valence-electron chi connectivity index (χ0n) is 72.6. The molecule has 8 aromatic carbocycles. The molecular weight excluding hydrogens is 1780 g/mol. The minimum Gasteiger partial charge on any atom is -0.491 e. The first kappa shape index (κ1) is 98.4. The van der Waals surface area contributed by atoms with Crippen LogP contribution in [0.4, 0.5) is 10.6 Å². The Morgan fingerprint density at radius 2 is 0.664 bits per heavy atom. The van der Waals surface area contributed by atoms with Gasteiger partial charge in [0.1, 0.15) is 55.0 Å². The first-order valence-corrected chi connectivity index (χ1v) is 40.4. The van der Waals surface area contributed by atoms with Crippen LogP contribution in [0.1, 0.15) is 41.5 Å². The van der Waals surface area contributed by atoms with Crippen LogP contribution in [0.25, 0.3) is 133 Å². The molecule has 0 atom stereocenters. The third kappa shape index (κ3) is 25.7. The molecule has 9 heterocycles. The number of amides is 1. The summed E-state index contributed by atoms with van der Waals surface area (Å²) in [6.07, 6.45) is 9.69. The van der Waals surface area contributed by atoms with E-state index in [1.165, 1.54) is 13.0 Å². The maximum atomic E-state index is 10.7. The fourth-order valence-electron chi connectivity index (χ4n) is 14.0. The second-order valence-electron chi connectivity index (χ2n) is 29.9. The number of benzene rings is 8. The van der Waals surface area contributed by atoms with Crippen molar-refractivity contribution in [2.24, 2.45) is 0 Å². The zero-order chi connectivity index (χ0) is 83.0. The van der Waals surface area contributed by atoms with Gasteiger partial charge in [-0.2, -0.15) is 20.8 Å². The molecule has 620 valence electrons. The molecule has 2 aliphatic heterocycles. The normalized spacial score (nSPS) is 13.4. The maximum absolute atomic E-state index is 10.7. The van der Waals surface area contributed by atoms with Gasteiger partial charge in [0, 0.05) is 65.2 Å². The first-order chi connectivity index (χ1) is 58.7. The molecule has 25 heteroatoms. The zero-order valence-corrected chi connectivity index (χ0v) is 84.4. The van der Waals surface area contributed by atoms with Crippen LogP contribution in [-0.4, -0.2) is 159 Å². The van der Waals surface area contributed by atoms with Gasteiger partial charge >= 0.3 is 84.0 Å². The summed E-state index contributed by atoms with van der Waals surface area (Å²) in [6.45, 7) is 19.3. The molecule has 1 amide bonds. The molecule has 0 saturated heterocycles. The minimum absolute atomic E-state index is 0. The average molecular weight is 1880 g/mol. The fraction of sp³-hybridized carbons (Fsp3) is 0.240. The van der Waals surface area contributed by atoms with Crippen LogP contribution in [0.5, 0.6) is 23.0 Å². The number of fused-ring (bicyclic) bond motifs is 14. The molecule has 0 radical (unpaired) electrons. The Morgan fingerprint density at radius 3 is 0.960 bits per heavy atom. The quantitative estimate of drug-likeness (QED) is 0.0858. The standard InChI is InChI=1S/2C43H37N3O5.C9H15N3O2.C4H9.CH3.4Zn/c2*1-3-11-33-30(9-1)15-16-40-41(33)42-34-12-4-2-10-31(34)27-35(43(42)51-26-24-49-22-20-47-19-21-48-23-25-50-40)32-28-38(36-13-5-7-17-44-36)46-39(29-32)37-14-6-8-18-45-37;1-9(2,3)12-5-7(10-6-12)11(4)8(13)14;1-4(2)3;;;;;/h2*1-18,27-29H,19-26H2;5-6H,1-4H3,(H,13,14);1-3H3;1H3;;;;/q;;;2*-1;4*+2/p+1. The summed E-state index contributed by atoms with van der Waals surface area (Å²) in [6, 6.07) is 78.1. The first-order valence-electron chi connectivity index (χ1n) is 40.4. The monoisotopic (exact) mass is 1880 g/mol. The number of nitrogens with one attached hydrogen (secondary N) is 1. The number of hydrogen-bond acceptors (Lipinski definition) is 17. The second-order valence-corrected chi connectivity index (χ2v) is 29.9. The van der Waals surface area contributed by atoms with Gasteiger partial charge in [0.05, 0.1) is 125 Å². The molecule has 17 rings (SSSR count). The van der Waals surface area contributed by atoms with Gasteiger partial charge in [-0.1, -0.05) is 133 Å². The Bertz CT molecular complexity index is 5480. The van der Waals surface area contributed by atoms with Gasteiger partial charge in [-0.3, -0.25) is 19.9 Å². The number of rotatable bonds is 7. The minimum atomic E-state index is -0.979. The third-order valence-electron chi connectivity index (χ3n) is 19.7. The van der Waals surface area contributed by atoms with E-state index in [0.29, 0.717) is 112 Å². The maximum Gasteiger partial charge on any atom is 2.00 e. The topological polar surface area (TPSA) is 230 Å². The van der Waals surface area contributed by atoms with E-state index in [1.807, 2.05) is 110 Å². The molecular formula is C100H102N9O12Zn4+7. The van der Waals surface area contributed by atoms with E-state index in [2.05, 4.69) is 191 Å². The Hall–Kier alpha value is -10.4. The van der Waals surface area contributed by atoms with Crippen LogP contribution < -0.4 is 28.4 Å². The smallest absolute Gasteiger partial charge is 0.491 e. The van der Waals surface area contributed by atoms with Crippen molar-refractivity contribution >= 4 is 55.0 Å². The third-order valence-corrected chi connectivity index (χ3v) is 19.7. The summed E-state index contributed by atoms with van der Waals surface area (Å²) in [7, 11) is 1.50. The molecule has 0 saturated carbocycles. The Morgan fingerprint density at radius 1 is 0.376 bits per heavy atom. The molecule has 0 unspecified atom stereocenters. The van der Waals surface area contributed by atoms with Gasteiger partial charge in [-0.25, -0.2) is 29.2 Å². The molecule has 2 aliphatic rings. The van der Waals surface area contributed by atoms with Crippen molar-refractivity contribution in [3.63, 3.8) is 0 Å². The Kier molecular flexibility index (Phi) is 38.5. The van der Waals surface area contributed by atoms with Crippen molar-refractivity contribution in [3.05, 3.63) is 281 Å². The molecule has 15 aromatic rings. The number of anilines is 1. The number of pyridine rings is 6. The van der Waals surface area contributed by atoms with Gasteiger partial charge in [-0.15, -0.1) is 0 Å². The molecule has 7 aromatic heterocycles. The summed E-state index contributed by atoms with van der Waals surface area (Å²) in [4.78, 5) is 43.4. The second kappa shape index (κ2) is 48.9. The number of carboxylic acid groups (broad SMARTS) is 1. The van der Waals surface area contributed by atoms with Crippen molar-refractivity contribution in [2.75, 3.05) is 118 Å². The van der Waals surface area contributed by atoms with Gasteiger partial charge in [-0.05, 0) is 172 Å². The SMILES string of the molecule is CN(C(=O)O)c1c[n+](C(C)(C)C)c[nH]1.C[C-](C)C.[CH3-].[Zn+2].[Zn+2].[Zn+2].[Zn+2].c1ccc(-c2cc(-c3cc4ccccc4c4c3OCCOCCOCCOCCOc3ccc5ccccc5c3-4)cc(-c3ccccn3)n2)nc1.c1ccc(-c2cc(-c3cc4ccccc4c4c3OCCOCCOCCOCCOc3ccc5ccccc5c3-4)cc(-c3ccccn3)n2)nc1. The van der Waals surface area contributed by atoms with Crippen LogP contribution in [0.2, 0.25) is 0 Å². The van der Waals surface area contributed by atoms with Crippen LogP contribution in [0.15, 0.2) is 268 Å². The van der Waals surface area contributed by atoms with Crippen molar-refractivity contribution in [3.8, 4) is 113 Å². The van der Waals surface area contributed by atoms with Crippen LogP contribution in [0, 0.1) is 13.3 Å². The van der Waals surface area contributed by atoms with E-state index >= 15 is 0 Å². The Balaban J connectivity index is 0.000000229. The molecule has 0 bridgehead atoms. The number of aromatic nitrogens is 8. The molecule has 0 aliphatic carbocycles. The number of carbonyl (C=O) groups is 1. The summed E-state index contributed by atoms with van der Waals surface area (Å²) < 4.78 is 63.8.